The molecule has 1 aromatic carbocycles. The number of allylic oxidation sites excluding steroid dienone is 4. The lowest BCUT2D eigenvalue weighted by molar-refractivity contribution is -0.215. The van der Waals surface area contributed by atoms with Crippen LogP contribution in [0.2, 0.25) is 0 Å². The maximum atomic E-state index is 15.2. The highest BCUT2D eigenvalue weighted by Crippen LogP contribution is 2.77. The highest BCUT2D eigenvalue weighted by atomic mass is 16.6. The fourth-order valence-electron chi connectivity index (χ4n) is 8.24. The summed E-state index contributed by atoms with van der Waals surface area (Å²) in [5, 5.41) is 0. The summed E-state index contributed by atoms with van der Waals surface area (Å²) in [5.41, 5.74) is -3.94. The summed E-state index contributed by atoms with van der Waals surface area (Å²) in [6, 6.07) is 8.67. The highest BCUT2D eigenvalue weighted by Gasteiger charge is 2.88. The first kappa shape index (κ1) is 26.9. The predicted octanol–water partition coefficient (Wildman–Crippen LogP) is 6.12. The van der Waals surface area contributed by atoms with Gasteiger partial charge in [0.15, 0.2) is 28.5 Å². The maximum Gasteiger partial charge on any atom is 0.184 e. The Bertz CT molecular complexity index is 1310. The zero-order valence-corrected chi connectivity index (χ0v) is 23.9. The normalized spacial score (nSPS) is 37.7. The van der Waals surface area contributed by atoms with Gasteiger partial charge in [-0.25, -0.2) is 0 Å². The quantitative estimate of drug-likeness (QED) is 0.189. The van der Waals surface area contributed by atoms with Gasteiger partial charge < -0.3 is 4.74 Å². The first-order chi connectivity index (χ1) is 17.6. The molecule has 0 amide bonds. The number of carbonyl (C=O) groups excluding carboxylic acids is 4. The van der Waals surface area contributed by atoms with Crippen molar-refractivity contribution in [3.63, 3.8) is 0 Å². The van der Waals surface area contributed by atoms with Crippen LogP contribution < -0.4 is 0 Å². The molecule has 1 heterocycles. The first-order valence-corrected chi connectivity index (χ1v) is 13.8. The molecule has 5 heteroatoms. The van der Waals surface area contributed by atoms with Crippen molar-refractivity contribution in [2.75, 3.05) is 0 Å². The number of hydrogen-bond donors (Lipinski definition) is 0. The SMILES string of the molecule is CC(C)=CC[C@@]12C[C@H]3[C@@H](C4OC4(C)C)[C@@](CC=C(C)C)(C1=O)C(=O)[C@@](C(=O)c1ccccc1)(C2=O)C3(C)C. The van der Waals surface area contributed by atoms with Crippen molar-refractivity contribution < 1.29 is 23.9 Å². The number of ketones is 4. The fraction of sp³-hybridized carbons (Fsp3) is 0.576. The van der Waals surface area contributed by atoms with Crippen LogP contribution >= 0.6 is 0 Å². The van der Waals surface area contributed by atoms with E-state index in [9.17, 15) is 14.4 Å². The van der Waals surface area contributed by atoms with E-state index in [1.165, 1.54) is 0 Å². The number of hydrogen-bond acceptors (Lipinski definition) is 5. The molecule has 0 spiro atoms. The molecular weight excluding hydrogens is 476 g/mol. The summed E-state index contributed by atoms with van der Waals surface area (Å²) in [6.45, 7) is 15.6. The molecule has 5 fully saturated rings. The maximum absolute atomic E-state index is 15.2. The Morgan fingerprint density at radius 1 is 0.868 bits per heavy atom. The zero-order chi connectivity index (χ0) is 28.1. The third-order valence-corrected chi connectivity index (χ3v) is 10.3. The molecule has 5 nitrogen and oxygen atoms in total. The number of benzene rings is 1. The standard InChI is InChI=1S/C33H40O5/c1-19(2)14-16-31-18-22-23(25-30(7,8)38-25)32(26(31)35,17-15-20(3)4)28(37)33(27(31)36,29(22,5)6)24(34)21-12-10-9-11-13-21/h9-15,22-23,25H,16-18H2,1-8H3/t22-,23-,25?,31+,32-,33+/m0/s1. The third-order valence-electron chi connectivity index (χ3n) is 10.3. The molecule has 1 aliphatic heterocycles. The van der Waals surface area contributed by atoms with E-state index in [0.717, 1.165) is 11.1 Å². The minimum absolute atomic E-state index is 0.188. The van der Waals surface area contributed by atoms with E-state index in [2.05, 4.69) is 0 Å². The van der Waals surface area contributed by atoms with Crippen molar-refractivity contribution in [1.29, 1.82) is 0 Å². The Labute approximate surface area is 226 Å². The Morgan fingerprint density at radius 3 is 1.95 bits per heavy atom. The number of Topliss-reactive ketones (excluding diaryl/α,β-unsaturated/α-hetero) is 4. The van der Waals surface area contributed by atoms with Crippen molar-refractivity contribution in [3.05, 3.63) is 59.2 Å². The molecule has 4 saturated carbocycles. The van der Waals surface area contributed by atoms with Gasteiger partial charge >= 0.3 is 0 Å². The molecule has 6 atom stereocenters. The van der Waals surface area contributed by atoms with Crippen LogP contribution in [0, 0.1) is 33.5 Å². The smallest absolute Gasteiger partial charge is 0.184 e. The van der Waals surface area contributed by atoms with E-state index in [1.54, 1.807) is 24.3 Å². The van der Waals surface area contributed by atoms with Crippen LogP contribution in [0.5, 0.6) is 0 Å². The number of ether oxygens (including phenoxy) is 1. The van der Waals surface area contributed by atoms with Gasteiger partial charge in [0.1, 0.15) is 0 Å². The van der Waals surface area contributed by atoms with Crippen molar-refractivity contribution in [2.24, 2.45) is 33.5 Å². The molecule has 0 N–H and O–H groups in total. The van der Waals surface area contributed by atoms with Gasteiger partial charge in [0.25, 0.3) is 0 Å². The summed E-state index contributed by atoms with van der Waals surface area (Å²) < 4.78 is 6.18. The van der Waals surface area contributed by atoms with Crippen LogP contribution in [0.1, 0.15) is 85.0 Å². The topological polar surface area (TPSA) is 80.8 Å². The Kier molecular flexibility index (Phi) is 5.79. The average molecular weight is 517 g/mol. The number of carbonyl (C=O) groups is 4. The number of rotatable bonds is 7. The zero-order valence-electron chi connectivity index (χ0n) is 23.9. The van der Waals surface area contributed by atoms with Crippen LogP contribution in [-0.2, 0) is 19.1 Å². The van der Waals surface area contributed by atoms with E-state index in [-0.39, 0.29) is 30.6 Å². The fourth-order valence-corrected chi connectivity index (χ4v) is 8.24. The van der Waals surface area contributed by atoms with Crippen molar-refractivity contribution >= 4 is 23.1 Å². The lowest BCUT2D eigenvalue weighted by Gasteiger charge is -2.71. The van der Waals surface area contributed by atoms with Gasteiger partial charge in [-0.15, -0.1) is 0 Å². The van der Waals surface area contributed by atoms with Crippen LogP contribution in [-0.4, -0.2) is 34.8 Å². The molecule has 5 aliphatic rings. The van der Waals surface area contributed by atoms with Gasteiger partial charge in [-0.1, -0.05) is 67.5 Å². The van der Waals surface area contributed by atoms with Gasteiger partial charge in [0.05, 0.1) is 22.5 Å². The molecule has 202 valence electrons. The van der Waals surface area contributed by atoms with E-state index in [1.807, 2.05) is 73.6 Å². The van der Waals surface area contributed by atoms with Gasteiger partial charge in [0, 0.05) is 11.5 Å². The minimum atomic E-state index is -1.92. The Hall–Kier alpha value is -2.66. The monoisotopic (exact) mass is 516 g/mol. The third kappa shape index (κ3) is 3.08. The van der Waals surface area contributed by atoms with Crippen LogP contribution in [0.4, 0.5) is 0 Å². The first-order valence-electron chi connectivity index (χ1n) is 13.8. The van der Waals surface area contributed by atoms with E-state index < -0.39 is 50.5 Å². The van der Waals surface area contributed by atoms with Gasteiger partial charge in [-0.05, 0) is 72.1 Å². The van der Waals surface area contributed by atoms with Crippen LogP contribution in [0.25, 0.3) is 0 Å². The van der Waals surface area contributed by atoms with Crippen molar-refractivity contribution in [2.45, 2.75) is 86.4 Å². The molecule has 38 heavy (non-hydrogen) atoms. The molecule has 1 saturated heterocycles. The number of epoxide rings is 1. The lowest BCUT2D eigenvalue weighted by Crippen LogP contribution is -2.84. The molecule has 4 bridgehead atoms. The van der Waals surface area contributed by atoms with Crippen LogP contribution in [0.3, 0.4) is 0 Å². The molecule has 1 aromatic rings. The summed E-state index contributed by atoms with van der Waals surface area (Å²) >= 11 is 0. The molecule has 4 aliphatic carbocycles. The van der Waals surface area contributed by atoms with E-state index in [0.29, 0.717) is 12.0 Å². The lowest BCUT2D eigenvalue weighted by atomic mass is 9.26. The highest BCUT2D eigenvalue weighted by molar-refractivity contribution is 6.42. The largest absolute Gasteiger partial charge is 0.366 e. The Balaban J connectivity index is 1.86. The Morgan fingerprint density at radius 2 is 1.42 bits per heavy atom. The van der Waals surface area contributed by atoms with Gasteiger partial charge in [-0.2, -0.15) is 0 Å². The van der Waals surface area contributed by atoms with Gasteiger partial charge in [-0.3, -0.25) is 19.2 Å². The van der Waals surface area contributed by atoms with Gasteiger partial charge in [0.2, 0.25) is 0 Å². The molecular formula is C33H40O5. The minimum Gasteiger partial charge on any atom is -0.366 e. The predicted molar refractivity (Wildman–Crippen MR) is 146 cm³/mol. The molecule has 0 radical (unpaired) electrons. The van der Waals surface area contributed by atoms with Crippen molar-refractivity contribution in [3.8, 4) is 0 Å². The summed E-state index contributed by atoms with van der Waals surface area (Å²) in [4.78, 5) is 59.5. The molecule has 1 unspecified atom stereocenters. The summed E-state index contributed by atoms with van der Waals surface area (Å²) in [6.07, 6.45) is 4.34. The second-order valence-electron chi connectivity index (χ2n) is 13.7. The van der Waals surface area contributed by atoms with E-state index >= 15 is 4.79 Å². The second-order valence-corrected chi connectivity index (χ2v) is 13.7. The average Bonchev–Trinajstić information content (AvgIpc) is 3.48. The molecule has 0 aromatic heterocycles. The van der Waals surface area contributed by atoms with Crippen molar-refractivity contribution in [1.82, 2.24) is 0 Å². The summed E-state index contributed by atoms with van der Waals surface area (Å²) in [7, 11) is 0. The molecule has 6 rings (SSSR count). The van der Waals surface area contributed by atoms with Crippen LogP contribution in [0.15, 0.2) is 53.6 Å². The second kappa shape index (κ2) is 8.17. The van der Waals surface area contributed by atoms with E-state index in [4.69, 9.17) is 4.74 Å². The summed E-state index contributed by atoms with van der Waals surface area (Å²) in [5.74, 6) is -2.37.